The third-order valence-corrected chi connectivity index (χ3v) is 2.57. The number of sulfonamides is 1. The molecule has 1 heterocycles. The summed E-state index contributed by atoms with van der Waals surface area (Å²) < 4.78 is 38.8. The Morgan fingerprint density at radius 3 is 2.79 bits per heavy atom. The van der Waals surface area contributed by atoms with Gasteiger partial charge in [-0.1, -0.05) is 0 Å². The highest BCUT2D eigenvalue weighted by Crippen LogP contribution is 2.18. The van der Waals surface area contributed by atoms with Gasteiger partial charge in [0.25, 0.3) is 0 Å². The quantitative estimate of drug-likeness (QED) is 0.756. The highest BCUT2D eigenvalue weighted by atomic mass is 32.2. The van der Waals surface area contributed by atoms with Crippen molar-refractivity contribution in [2.24, 2.45) is 5.14 Å². The molecule has 0 fully saturated rings. The van der Waals surface area contributed by atoms with Crippen molar-refractivity contribution >= 4 is 21.1 Å². The molecule has 14 heavy (non-hydrogen) atoms. The van der Waals surface area contributed by atoms with Crippen molar-refractivity contribution in [3.63, 3.8) is 0 Å². The van der Waals surface area contributed by atoms with Crippen LogP contribution in [0.4, 0.5) is 4.39 Å². The summed E-state index contributed by atoms with van der Waals surface area (Å²) in [4.78, 5) is 3.23. The van der Waals surface area contributed by atoms with Gasteiger partial charge in [0.1, 0.15) is 5.52 Å². The molecule has 74 valence electrons. The van der Waals surface area contributed by atoms with Crippen LogP contribution in [0.25, 0.3) is 11.1 Å². The summed E-state index contributed by atoms with van der Waals surface area (Å²) >= 11 is 0. The molecule has 0 atom stereocenters. The van der Waals surface area contributed by atoms with Crippen LogP contribution in [0.5, 0.6) is 0 Å². The van der Waals surface area contributed by atoms with Gasteiger partial charge in [0.05, 0.1) is 4.90 Å². The third-order valence-electron chi connectivity index (χ3n) is 1.66. The van der Waals surface area contributed by atoms with Crippen molar-refractivity contribution in [3.05, 3.63) is 24.3 Å². The van der Waals surface area contributed by atoms with E-state index >= 15 is 0 Å². The molecule has 0 saturated heterocycles. The normalized spacial score (nSPS) is 12.1. The van der Waals surface area contributed by atoms with Crippen molar-refractivity contribution in [1.82, 2.24) is 4.98 Å². The van der Waals surface area contributed by atoms with Crippen molar-refractivity contribution in [2.75, 3.05) is 0 Å². The lowest BCUT2D eigenvalue weighted by molar-refractivity contribution is 0.354. The lowest BCUT2D eigenvalue weighted by Gasteiger charge is -1.95. The van der Waals surface area contributed by atoms with Crippen molar-refractivity contribution in [1.29, 1.82) is 0 Å². The van der Waals surface area contributed by atoms with Crippen molar-refractivity contribution in [3.8, 4) is 0 Å². The Balaban J connectivity index is 2.74. The van der Waals surface area contributed by atoms with E-state index in [0.29, 0.717) is 0 Å². The molecule has 2 rings (SSSR count). The first kappa shape index (κ1) is 9.10. The lowest BCUT2D eigenvalue weighted by atomic mass is 10.3. The molecule has 2 aromatic rings. The number of hydrogen-bond donors (Lipinski definition) is 1. The fourth-order valence-electron chi connectivity index (χ4n) is 1.05. The zero-order chi connectivity index (χ0) is 10.3. The van der Waals surface area contributed by atoms with Crippen LogP contribution in [0.15, 0.2) is 27.5 Å². The Morgan fingerprint density at radius 2 is 2.14 bits per heavy atom. The molecule has 0 aliphatic carbocycles. The van der Waals surface area contributed by atoms with E-state index in [9.17, 15) is 12.8 Å². The maximum atomic E-state index is 12.5. The van der Waals surface area contributed by atoms with Gasteiger partial charge in [-0.2, -0.15) is 4.98 Å². The summed E-state index contributed by atoms with van der Waals surface area (Å²) in [5, 5.41) is 4.87. The van der Waals surface area contributed by atoms with Gasteiger partial charge in [-0.05, 0) is 12.1 Å². The summed E-state index contributed by atoms with van der Waals surface area (Å²) in [5.74, 6) is 0. The SMILES string of the molecule is NS(=O)(=O)c1ccc2nc(F)oc2c1. The Hall–Kier alpha value is -1.47. The van der Waals surface area contributed by atoms with E-state index in [-0.39, 0.29) is 16.0 Å². The predicted molar refractivity (Wildman–Crippen MR) is 45.3 cm³/mol. The van der Waals surface area contributed by atoms with Crippen LogP contribution in [0.1, 0.15) is 0 Å². The maximum Gasteiger partial charge on any atom is 0.382 e. The Bertz CT molecular complexity index is 590. The molecule has 0 unspecified atom stereocenters. The number of fused-ring (bicyclic) bond motifs is 1. The summed E-state index contributed by atoms with van der Waals surface area (Å²) in [6, 6.07) is 3.68. The van der Waals surface area contributed by atoms with Gasteiger partial charge in [0, 0.05) is 6.07 Å². The highest BCUT2D eigenvalue weighted by molar-refractivity contribution is 7.89. The zero-order valence-electron chi connectivity index (χ0n) is 6.77. The Morgan fingerprint density at radius 1 is 1.43 bits per heavy atom. The number of nitrogens with zero attached hydrogens (tertiary/aromatic N) is 1. The highest BCUT2D eigenvalue weighted by Gasteiger charge is 2.11. The van der Waals surface area contributed by atoms with Gasteiger partial charge >= 0.3 is 6.14 Å². The topological polar surface area (TPSA) is 86.2 Å². The van der Waals surface area contributed by atoms with Gasteiger partial charge in [-0.3, -0.25) is 0 Å². The average molecular weight is 216 g/mol. The minimum absolute atomic E-state index is 0.0500. The van der Waals surface area contributed by atoms with Crippen LogP contribution in [0.3, 0.4) is 0 Å². The number of aromatic nitrogens is 1. The maximum absolute atomic E-state index is 12.5. The van der Waals surface area contributed by atoms with Crippen LogP contribution >= 0.6 is 0 Å². The Kier molecular flexibility index (Phi) is 1.79. The van der Waals surface area contributed by atoms with E-state index in [1.54, 1.807) is 0 Å². The van der Waals surface area contributed by atoms with Crippen LogP contribution in [-0.2, 0) is 10.0 Å². The Labute approximate surface area is 78.4 Å². The number of oxazole rings is 1. The van der Waals surface area contributed by atoms with E-state index in [0.717, 1.165) is 6.07 Å². The van der Waals surface area contributed by atoms with Crippen LogP contribution in [0, 0.1) is 6.14 Å². The fraction of sp³-hybridized carbons (Fsp3) is 0. The van der Waals surface area contributed by atoms with E-state index in [1.807, 2.05) is 0 Å². The molecule has 0 bridgehead atoms. The molecule has 0 aliphatic heterocycles. The molecule has 0 aliphatic rings. The molecule has 2 N–H and O–H groups in total. The molecule has 7 heteroatoms. The summed E-state index contributed by atoms with van der Waals surface area (Å²) in [7, 11) is -3.80. The van der Waals surface area contributed by atoms with Gasteiger partial charge in [0.2, 0.25) is 10.0 Å². The molecule has 0 saturated carbocycles. The summed E-state index contributed by atoms with van der Waals surface area (Å²) in [6.45, 7) is 0. The van der Waals surface area contributed by atoms with Crippen LogP contribution in [-0.4, -0.2) is 13.4 Å². The lowest BCUT2D eigenvalue weighted by Crippen LogP contribution is -2.11. The number of nitrogens with two attached hydrogens (primary N) is 1. The van der Waals surface area contributed by atoms with E-state index < -0.39 is 16.2 Å². The minimum Gasteiger partial charge on any atom is -0.415 e. The smallest absolute Gasteiger partial charge is 0.382 e. The summed E-state index contributed by atoms with van der Waals surface area (Å²) in [5.41, 5.74) is 0.295. The van der Waals surface area contributed by atoms with Gasteiger partial charge in [-0.25, -0.2) is 13.6 Å². The number of primary sulfonamides is 1. The molecular formula is C7H5FN2O3S. The van der Waals surface area contributed by atoms with E-state index in [2.05, 4.69) is 9.40 Å². The molecule has 0 radical (unpaired) electrons. The zero-order valence-corrected chi connectivity index (χ0v) is 7.58. The second-order valence-electron chi connectivity index (χ2n) is 2.64. The van der Waals surface area contributed by atoms with E-state index in [4.69, 9.17) is 5.14 Å². The predicted octanol–water partition coefficient (Wildman–Crippen LogP) is 0.614. The third kappa shape index (κ3) is 1.47. The fourth-order valence-corrected chi connectivity index (χ4v) is 1.58. The van der Waals surface area contributed by atoms with Crippen molar-refractivity contribution < 1.29 is 17.2 Å². The molecule has 5 nitrogen and oxygen atoms in total. The first-order valence-electron chi connectivity index (χ1n) is 3.56. The first-order chi connectivity index (χ1) is 6.47. The van der Waals surface area contributed by atoms with Gasteiger partial charge < -0.3 is 4.42 Å². The average Bonchev–Trinajstić information content (AvgIpc) is 2.41. The second-order valence-corrected chi connectivity index (χ2v) is 4.20. The largest absolute Gasteiger partial charge is 0.415 e. The number of rotatable bonds is 1. The van der Waals surface area contributed by atoms with Crippen LogP contribution < -0.4 is 5.14 Å². The van der Waals surface area contributed by atoms with E-state index in [1.165, 1.54) is 12.1 Å². The summed E-state index contributed by atoms with van der Waals surface area (Å²) in [6.07, 6.45) is -1.01. The first-order valence-corrected chi connectivity index (χ1v) is 5.10. The number of halogens is 1. The van der Waals surface area contributed by atoms with Gasteiger partial charge in [0.15, 0.2) is 5.58 Å². The van der Waals surface area contributed by atoms with Gasteiger partial charge in [-0.15, -0.1) is 4.39 Å². The number of benzene rings is 1. The molecule has 0 amide bonds. The molecule has 0 spiro atoms. The second kappa shape index (κ2) is 2.76. The monoisotopic (exact) mass is 216 g/mol. The van der Waals surface area contributed by atoms with Crippen LogP contribution in [0.2, 0.25) is 0 Å². The van der Waals surface area contributed by atoms with Crippen molar-refractivity contribution in [2.45, 2.75) is 4.90 Å². The molecular weight excluding hydrogens is 211 g/mol. The standard InChI is InChI=1S/C7H5FN2O3S/c8-7-10-5-2-1-4(14(9,11)12)3-6(5)13-7/h1-3H,(H2,9,11,12). The molecule has 1 aromatic carbocycles. The minimum atomic E-state index is -3.80. The number of hydrogen-bond acceptors (Lipinski definition) is 4. The molecule has 1 aromatic heterocycles.